The van der Waals surface area contributed by atoms with Crippen molar-refractivity contribution in [2.75, 3.05) is 26.9 Å². The molecule has 12 heteroatoms. The first kappa shape index (κ1) is 38.6. The second-order valence-electron chi connectivity index (χ2n) is 14.8. The van der Waals surface area contributed by atoms with Gasteiger partial charge in [-0.15, -0.1) is 6.58 Å². The third kappa shape index (κ3) is 7.91. The second-order valence-corrected chi connectivity index (χ2v) is 14.8. The lowest BCUT2D eigenvalue weighted by Gasteiger charge is -2.46. The molecule has 4 aliphatic rings. The largest absolute Gasteiger partial charge is 0.466 e. The highest BCUT2D eigenvalue weighted by atomic mass is 16.7. The Bertz CT molecular complexity index is 1230. The van der Waals surface area contributed by atoms with Gasteiger partial charge in [0.15, 0.2) is 12.4 Å². The van der Waals surface area contributed by atoms with Gasteiger partial charge in [-0.1, -0.05) is 37.6 Å². The van der Waals surface area contributed by atoms with Crippen molar-refractivity contribution >= 4 is 11.9 Å². The maximum atomic E-state index is 12.2. The van der Waals surface area contributed by atoms with Gasteiger partial charge in [-0.3, -0.25) is 9.59 Å². The van der Waals surface area contributed by atoms with Crippen LogP contribution in [0.25, 0.3) is 0 Å². The zero-order valence-corrected chi connectivity index (χ0v) is 29.5. The number of methoxy groups -OCH3 is 1. The summed E-state index contributed by atoms with van der Waals surface area (Å²) < 4.78 is 34.9. The van der Waals surface area contributed by atoms with Crippen molar-refractivity contribution in [2.24, 2.45) is 35.0 Å². The van der Waals surface area contributed by atoms with Crippen LogP contribution in [0.2, 0.25) is 0 Å². The fourth-order valence-electron chi connectivity index (χ4n) is 7.82. The van der Waals surface area contributed by atoms with Crippen molar-refractivity contribution in [3.8, 4) is 0 Å². The van der Waals surface area contributed by atoms with Crippen LogP contribution in [-0.4, -0.2) is 114 Å². The number of hydrogen-bond donors (Lipinski definition) is 4. The van der Waals surface area contributed by atoms with Crippen LogP contribution in [0.5, 0.6) is 0 Å². The number of aliphatic hydroxyl groups is 4. The number of carbonyl (C=O) groups is 2. The molecule has 0 radical (unpaired) electrons. The first-order chi connectivity index (χ1) is 22.4. The van der Waals surface area contributed by atoms with Crippen LogP contribution < -0.4 is 0 Å². The molecule has 0 amide bonds. The van der Waals surface area contributed by atoms with Gasteiger partial charge in [0.05, 0.1) is 37.6 Å². The number of aliphatic hydroxyl groups excluding tert-OH is 4. The molecule has 1 saturated carbocycles. The Kier molecular flexibility index (Phi) is 12.4. The molecule has 12 nitrogen and oxygen atoms in total. The maximum absolute atomic E-state index is 12.2. The number of hydrogen-bond acceptors (Lipinski definition) is 12. The summed E-state index contributed by atoms with van der Waals surface area (Å²) in [5.41, 5.74) is -0.0738. The lowest BCUT2D eigenvalue weighted by Crippen LogP contribution is -2.62. The molecule has 48 heavy (non-hydrogen) atoms. The van der Waals surface area contributed by atoms with Crippen molar-refractivity contribution in [3.63, 3.8) is 0 Å². The van der Waals surface area contributed by atoms with E-state index in [1.165, 1.54) is 13.8 Å². The van der Waals surface area contributed by atoms with Gasteiger partial charge in [-0.05, 0) is 56.9 Å². The predicted molar refractivity (Wildman–Crippen MR) is 174 cm³/mol. The molecule has 0 spiro atoms. The van der Waals surface area contributed by atoms with E-state index in [2.05, 4.69) is 12.7 Å². The molecule has 4 N–H and O–H groups in total. The highest BCUT2D eigenvalue weighted by Gasteiger charge is 2.56. The Balaban J connectivity index is 1.77. The number of carbonyl (C=O) groups excluding carboxylic acids is 2. The molecule has 2 fully saturated rings. The highest BCUT2D eigenvalue weighted by Crippen LogP contribution is 2.55. The number of fused-ring (bicyclic) bond motifs is 2. The van der Waals surface area contributed by atoms with E-state index >= 15 is 0 Å². The number of rotatable bonds is 12. The van der Waals surface area contributed by atoms with Gasteiger partial charge >= 0.3 is 11.9 Å². The highest BCUT2D eigenvalue weighted by molar-refractivity contribution is 5.66. The van der Waals surface area contributed by atoms with E-state index in [9.17, 15) is 30.0 Å². The summed E-state index contributed by atoms with van der Waals surface area (Å²) in [6.45, 7) is 16.1. The topological polar surface area (TPSA) is 170 Å². The monoisotopic (exact) mass is 680 g/mol. The average molecular weight is 681 g/mol. The lowest BCUT2D eigenvalue weighted by atomic mass is 9.67. The molecule has 1 heterocycles. The molecule has 0 aromatic carbocycles. The van der Waals surface area contributed by atoms with E-state index in [0.29, 0.717) is 12.2 Å². The quantitative estimate of drug-likeness (QED) is 0.176. The van der Waals surface area contributed by atoms with Crippen molar-refractivity contribution in [3.05, 3.63) is 36.0 Å². The van der Waals surface area contributed by atoms with Crippen LogP contribution >= 0.6 is 0 Å². The summed E-state index contributed by atoms with van der Waals surface area (Å²) in [7, 11) is 1.66. The number of ether oxygens (including phenoxy) is 6. The Morgan fingerprint density at radius 2 is 1.79 bits per heavy atom. The summed E-state index contributed by atoms with van der Waals surface area (Å²) in [6.07, 6.45) is -2.90. The molecule has 1 saturated heterocycles. The first-order valence-electron chi connectivity index (χ1n) is 17.0. The third-order valence-electron chi connectivity index (χ3n) is 10.9. The fourth-order valence-corrected chi connectivity index (χ4v) is 7.82. The van der Waals surface area contributed by atoms with Crippen LogP contribution in [0.3, 0.4) is 0 Å². The van der Waals surface area contributed by atoms with Gasteiger partial charge in [0.1, 0.15) is 24.4 Å². The van der Waals surface area contributed by atoms with E-state index in [0.717, 1.165) is 18.4 Å². The second kappa shape index (κ2) is 15.4. The molecule has 4 rings (SSSR count). The Morgan fingerprint density at radius 1 is 1.10 bits per heavy atom. The van der Waals surface area contributed by atoms with E-state index in [1.54, 1.807) is 27.0 Å². The van der Waals surface area contributed by atoms with Crippen LogP contribution in [-0.2, 0) is 38.0 Å². The van der Waals surface area contributed by atoms with Gasteiger partial charge in [-0.2, -0.15) is 0 Å². The Labute approximate surface area is 284 Å². The maximum Gasteiger partial charge on any atom is 0.303 e. The van der Waals surface area contributed by atoms with Gasteiger partial charge in [0.25, 0.3) is 0 Å². The van der Waals surface area contributed by atoms with Crippen molar-refractivity contribution in [1.82, 2.24) is 0 Å². The standard InChI is InChI=1S/C36H56O12/c1-10-35(6,7)45-17-27-29(40)32(46-21(5)38)30(41)34(47-27)48-31-26-13-24(18(2)15-44-20(4)37)33(42)36(26,8)14-25-22(16-43-9)11-12-23(25)19(3)28(31)39/h10,13-14,18-19,22-24,27-34,39-42H,1,11-12,15-17H2,2-9H3/b25-14-/t18-,19+,22+,23-,24?,27+,28+,29+,30+,31+,32-,33-,34+,36+/m0/s1. The normalized spacial score (nSPS) is 41.5. The van der Waals surface area contributed by atoms with E-state index in [-0.39, 0.29) is 36.9 Å². The Hall–Kier alpha value is -2.16. The average Bonchev–Trinajstić information content (AvgIpc) is 3.52. The van der Waals surface area contributed by atoms with Crippen LogP contribution in [0.1, 0.15) is 61.3 Å². The molecule has 0 aromatic heterocycles. The molecule has 272 valence electrons. The zero-order valence-electron chi connectivity index (χ0n) is 29.5. The minimum absolute atomic E-state index is 0.0237. The van der Waals surface area contributed by atoms with Gasteiger partial charge < -0.3 is 48.8 Å². The molecule has 0 bridgehead atoms. The summed E-state index contributed by atoms with van der Waals surface area (Å²) >= 11 is 0. The minimum Gasteiger partial charge on any atom is -0.466 e. The smallest absolute Gasteiger partial charge is 0.303 e. The first-order valence-corrected chi connectivity index (χ1v) is 17.0. The molecule has 0 aromatic rings. The molecular weight excluding hydrogens is 624 g/mol. The summed E-state index contributed by atoms with van der Waals surface area (Å²) in [5.74, 6) is -2.10. The SMILES string of the molecule is C=CC(C)(C)OC[C@H]1O[C@H](O[C@@H]2C3=CC([C@@H](C)COC(C)=O)[C@H](O)[C@]3(C)/C=C3/[C@@H](COC)CC[C@H]3[C@@H](C)[C@H]2O)[C@H](O)[C@@H](OC(C)=O)[C@@H]1O. The molecule has 14 atom stereocenters. The van der Waals surface area contributed by atoms with Crippen LogP contribution in [0.4, 0.5) is 0 Å². The lowest BCUT2D eigenvalue weighted by molar-refractivity contribution is -0.320. The molecule has 1 aliphatic heterocycles. The minimum atomic E-state index is -1.62. The van der Waals surface area contributed by atoms with Gasteiger partial charge in [-0.25, -0.2) is 0 Å². The summed E-state index contributed by atoms with van der Waals surface area (Å²) in [4.78, 5) is 23.7. The molecule has 1 unspecified atom stereocenters. The van der Waals surface area contributed by atoms with Crippen LogP contribution in [0.15, 0.2) is 36.0 Å². The van der Waals surface area contributed by atoms with Gasteiger partial charge in [0, 0.05) is 38.2 Å². The van der Waals surface area contributed by atoms with E-state index in [4.69, 9.17) is 28.4 Å². The van der Waals surface area contributed by atoms with Crippen molar-refractivity contribution in [2.45, 2.75) is 116 Å². The van der Waals surface area contributed by atoms with Crippen molar-refractivity contribution in [1.29, 1.82) is 0 Å². The van der Waals surface area contributed by atoms with Gasteiger partial charge in [0.2, 0.25) is 0 Å². The predicted octanol–water partition coefficient (Wildman–Crippen LogP) is 2.46. The fraction of sp³-hybridized carbons (Fsp3) is 0.778. The van der Waals surface area contributed by atoms with Crippen LogP contribution in [0, 0.1) is 35.0 Å². The van der Waals surface area contributed by atoms with E-state index in [1.807, 2.05) is 26.8 Å². The zero-order chi connectivity index (χ0) is 35.7. The summed E-state index contributed by atoms with van der Waals surface area (Å²) in [5, 5.41) is 46.8. The molecule has 3 aliphatic carbocycles. The molecular formula is C36H56O12. The number of esters is 2. The summed E-state index contributed by atoms with van der Waals surface area (Å²) in [6, 6.07) is 0. The van der Waals surface area contributed by atoms with Crippen molar-refractivity contribution < 1.29 is 58.4 Å². The third-order valence-corrected chi connectivity index (χ3v) is 10.9. The van der Waals surface area contributed by atoms with E-state index < -0.39 is 77.9 Å². The Morgan fingerprint density at radius 3 is 2.40 bits per heavy atom.